The highest BCUT2D eigenvalue weighted by Gasteiger charge is 2.21. The van der Waals surface area contributed by atoms with Gasteiger partial charge in [-0.25, -0.2) is 4.39 Å². The highest BCUT2D eigenvalue weighted by atomic mass is 19.1. The topological polar surface area (TPSA) is 20.3 Å². The lowest BCUT2D eigenvalue weighted by molar-refractivity contribution is 0.0719. The van der Waals surface area contributed by atoms with E-state index in [0.29, 0.717) is 5.56 Å². The number of nitrogens with zero attached hydrogens (tertiary/aromatic N) is 1. The zero-order valence-electron chi connectivity index (χ0n) is 9.50. The number of piperidine rings is 1. The molecule has 0 spiro atoms. The average molecular weight is 221 g/mol. The maximum Gasteiger partial charge on any atom is 0.256 e. The van der Waals surface area contributed by atoms with E-state index in [2.05, 4.69) is 0 Å². The maximum atomic E-state index is 13.8. The summed E-state index contributed by atoms with van der Waals surface area (Å²) in [6, 6.07) is 4.98. The Bertz CT molecular complexity index is 397. The van der Waals surface area contributed by atoms with E-state index < -0.39 is 0 Å². The largest absolute Gasteiger partial charge is 0.339 e. The molecule has 86 valence electrons. The number of hydrogen-bond donors (Lipinski definition) is 0. The smallest absolute Gasteiger partial charge is 0.256 e. The molecule has 0 N–H and O–H groups in total. The van der Waals surface area contributed by atoms with Gasteiger partial charge in [-0.1, -0.05) is 12.1 Å². The van der Waals surface area contributed by atoms with Gasteiger partial charge in [0.1, 0.15) is 5.82 Å². The van der Waals surface area contributed by atoms with E-state index in [1.54, 1.807) is 30.0 Å². The van der Waals surface area contributed by atoms with E-state index >= 15 is 0 Å². The highest BCUT2D eigenvalue weighted by Crippen LogP contribution is 2.17. The van der Waals surface area contributed by atoms with E-state index in [1.165, 1.54) is 6.42 Å². The van der Waals surface area contributed by atoms with Gasteiger partial charge in [0.05, 0.1) is 5.56 Å². The van der Waals surface area contributed by atoms with Gasteiger partial charge < -0.3 is 4.90 Å². The molecule has 0 radical (unpaired) electrons. The molecule has 16 heavy (non-hydrogen) atoms. The highest BCUT2D eigenvalue weighted by molar-refractivity contribution is 5.94. The SMILES string of the molecule is Cc1cccc(C(=O)N2CCCCC2)c1F. The van der Waals surface area contributed by atoms with Crippen LogP contribution in [0.2, 0.25) is 0 Å². The van der Waals surface area contributed by atoms with Crippen LogP contribution in [0.4, 0.5) is 4.39 Å². The predicted molar refractivity (Wildman–Crippen MR) is 60.9 cm³/mol. The minimum absolute atomic E-state index is 0.166. The molecule has 0 atom stereocenters. The van der Waals surface area contributed by atoms with Crippen LogP contribution in [0.15, 0.2) is 18.2 Å². The summed E-state index contributed by atoms with van der Waals surface area (Å²) in [6.45, 7) is 3.20. The van der Waals surface area contributed by atoms with Gasteiger partial charge in [0.2, 0.25) is 0 Å². The van der Waals surface area contributed by atoms with Crippen LogP contribution in [0, 0.1) is 12.7 Å². The van der Waals surface area contributed by atoms with Crippen LogP contribution in [-0.2, 0) is 0 Å². The third-order valence-electron chi connectivity index (χ3n) is 3.07. The lowest BCUT2D eigenvalue weighted by atomic mass is 10.1. The Morgan fingerprint density at radius 2 is 1.94 bits per heavy atom. The van der Waals surface area contributed by atoms with Crippen LogP contribution in [0.3, 0.4) is 0 Å². The molecular weight excluding hydrogens is 205 g/mol. The van der Waals surface area contributed by atoms with Gasteiger partial charge in [-0.2, -0.15) is 0 Å². The number of likely N-dealkylation sites (tertiary alicyclic amines) is 1. The van der Waals surface area contributed by atoms with Crippen LogP contribution in [0.1, 0.15) is 35.2 Å². The average Bonchev–Trinajstić information content (AvgIpc) is 2.33. The normalized spacial score (nSPS) is 16.2. The van der Waals surface area contributed by atoms with Crippen molar-refractivity contribution in [3.05, 3.63) is 35.1 Å². The third kappa shape index (κ3) is 2.08. The summed E-state index contributed by atoms with van der Waals surface area (Å²) < 4.78 is 13.8. The Morgan fingerprint density at radius 1 is 1.25 bits per heavy atom. The molecule has 1 fully saturated rings. The molecule has 1 aliphatic rings. The van der Waals surface area contributed by atoms with E-state index in [4.69, 9.17) is 0 Å². The first-order valence-corrected chi connectivity index (χ1v) is 5.74. The molecule has 1 amide bonds. The van der Waals surface area contributed by atoms with E-state index in [-0.39, 0.29) is 17.3 Å². The fourth-order valence-electron chi connectivity index (χ4n) is 2.08. The van der Waals surface area contributed by atoms with Crippen molar-refractivity contribution in [2.24, 2.45) is 0 Å². The van der Waals surface area contributed by atoms with Gasteiger partial charge in [0.15, 0.2) is 0 Å². The molecule has 2 nitrogen and oxygen atoms in total. The lowest BCUT2D eigenvalue weighted by Crippen LogP contribution is -2.36. The lowest BCUT2D eigenvalue weighted by Gasteiger charge is -2.27. The Balaban J connectivity index is 2.22. The monoisotopic (exact) mass is 221 g/mol. The third-order valence-corrected chi connectivity index (χ3v) is 3.07. The van der Waals surface area contributed by atoms with Gasteiger partial charge in [0, 0.05) is 13.1 Å². The molecular formula is C13H16FNO. The number of rotatable bonds is 1. The molecule has 0 aromatic heterocycles. The Kier molecular flexibility index (Phi) is 3.22. The van der Waals surface area contributed by atoms with Crippen molar-refractivity contribution in [1.29, 1.82) is 0 Å². The summed E-state index contributed by atoms with van der Waals surface area (Å²) in [4.78, 5) is 13.8. The molecule has 3 heteroatoms. The number of carbonyl (C=O) groups excluding carboxylic acids is 1. The molecule has 1 aromatic rings. The summed E-state index contributed by atoms with van der Waals surface area (Å²) in [7, 11) is 0. The predicted octanol–water partition coefficient (Wildman–Crippen LogP) is 2.76. The van der Waals surface area contributed by atoms with Crippen LogP contribution in [0.5, 0.6) is 0 Å². The minimum Gasteiger partial charge on any atom is -0.339 e. The van der Waals surface area contributed by atoms with Crippen molar-refractivity contribution >= 4 is 5.91 Å². The van der Waals surface area contributed by atoms with Crippen LogP contribution >= 0.6 is 0 Å². The van der Waals surface area contributed by atoms with Gasteiger partial charge in [0.25, 0.3) is 5.91 Å². The standard InChI is InChI=1S/C13H16FNO/c1-10-6-5-7-11(12(10)14)13(16)15-8-3-2-4-9-15/h5-7H,2-4,8-9H2,1H3. The molecule has 0 aliphatic carbocycles. The van der Waals surface area contributed by atoms with Crippen molar-refractivity contribution in [3.8, 4) is 0 Å². The molecule has 1 aliphatic heterocycles. The number of hydrogen-bond acceptors (Lipinski definition) is 1. The molecule has 2 rings (SSSR count). The number of amides is 1. The summed E-state index contributed by atoms with van der Waals surface area (Å²) in [5.41, 5.74) is 0.741. The molecule has 0 saturated carbocycles. The second kappa shape index (κ2) is 4.64. The van der Waals surface area contributed by atoms with Crippen LogP contribution < -0.4 is 0 Å². The molecule has 1 saturated heterocycles. The quantitative estimate of drug-likeness (QED) is 0.714. The molecule has 1 aromatic carbocycles. The Labute approximate surface area is 95.1 Å². The van der Waals surface area contributed by atoms with E-state index in [1.807, 2.05) is 0 Å². The number of aryl methyl sites for hydroxylation is 1. The van der Waals surface area contributed by atoms with Crippen molar-refractivity contribution in [2.45, 2.75) is 26.2 Å². The number of halogens is 1. The van der Waals surface area contributed by atoms with E-state index in [9.17, 15) is 9.18 Å². The number of carbonyl (C=O) groups is 1. The summed E-state index contributed by atoms with van der Waals surface area (Å²) >= 11 is 0. The molecule has 0 unspecified atom stereocenters. The van der Waals surface area contributed by atoms with Gasteiger partial charge >= 0.3 is 0 Å². The first-order valence-electron chi connectivity index (χ1n) is 5.74. The van der Waals surface area contributed by atoms with Gasteiger partial charge in [-0.05, 0) is 37.8 Å². The van der Waals surface area contributed by atoms with Crippen molar-refractivity contribution in [3.63, 3.8) is 0 Å². The van der Waals surface area contributed by atoms with E-state index in [0.717, 1.165) is 25.9 Å². The van der Waals surface area contributed by atoms with Crippen LogP contribution in [-0.4, -0.2) is 23.9 Å². The van der Waals surface area contributed by atoms with Gasteiger partial charge in [-0.3, -0.25) is 4.79 Å². The van der Waals surface area contributed by atoms with Crippen molar-refractivity contribution < 1.29 is 9.18 Å². The molecule has 0 bridgehead atoms. The van der Waals surface area contributed by atoms with Gasteiger partial charge in [-0.15, -0.1) is 0 Å². The second-order valence-corrected chi connectivity index (χ2v) is 4.29. The zero-order chi connectivity index (χ0) is 11.5. The van der Waals surface area contributed by atoms with Crippen LogP contribution in [0.25, 0.3) is 0 Å². The summed E-state index contributed by atoms with van der Waals surface area (Å²) in [6.07, 6.45) is 3.22. The Morgan fingerprint density at radius 3 is 2.62 bits per heavy atom. The fraction of sp³-hybridized carbons (Fsp3) is 0.462. The summed E-state index contributed by atoms with van der Waals surface area (Å²) in [5.74, 6) is -0.543. The molecule has 1 heterocycles. The first-order chi connectivity index (χ1) is 7.70. The minimum atomic E-state index is -0.377. The second-order valence-electron chi connectivity index (χ2n) is 4.29. The number of benzene rings is 1. The van der Waals surface area contributed by atoms with Crippen molar-refractivity contribution in [2.75, 3.05) is 13.1 Å². The zero-order valence-corrected chi connectivity index (χ0v) is 9.50. The first kappa shape index (κ1) is 11.1. The fourth-order valence-corrected chi connectivity index (χ4v) is 2.08. The Hall–Kier alpha value is -1.38. The summed E-state index contributed by atoms with van der Waals surface area (Å²) in [5, 5.41) is 0. The maximum absolute atomic E-state index is 13.8. The van der Waals surface area contributed by atoms with Crippen molar-refractivity contribution in [1.82, 2.24) is 4.90 Å².